The molecule has 0 bridgehead atoms. The lowest BCUT2D eigenvalue weighted by molar-refractivity contribution is 0.236. The van der Waals surface area contributed by atoms with Gasteiger partial charge in [-0.25, -0.2) is 0 Å². The lowest BCUT2D eigenvalue weighted by atomic mass is 10.1. The molecule has 2 atom stereocenters. The van der Waals surface area contributed by atoms with Crippen LogP contribution in [0.5, 0.6) is 0 Å². The van der Waals surface area contributed by atoms with Crippen LogP contribution in [-0.4, -0.2) is 29.3 Å². The zero-order chi connectivity index (χ0) is 10.5. The molecule has 1 fully saturated rings. The van der Waals surface area contributed by atoms with Crippen molar-refractivity contribution >= 4 is 11.8 Å². The number of nitrogens with one attached hydrogen (secondary N) is 1. The first-order valence-electron chi connectivity index (χ1n) is 5.40. The largest absolute Gasteiger partial charge is 0.394 e. The van der Waals surface area contributed by atoms with Crippen LogP contribution >= 0.6 is 11.8 Å². The first-order valence-corrected chi connectivity index (χ1v) is 6.55. The highest BCUT2D eigenvalue weighted by Gasteiger charge is 2.19. The standard InChI is InChI=1S/C12H17NOS/c14-8-12(10-4-2-1-3-5-10)13-11-6-7-15-9-11/h1-5,11-14H,6-9H2/t11?,12-/m1/s1. The number of rotatable bonds is 4. The number of thioether (sulfide) groups is 1. The molecule has 2 rings (SSSR count). The minimum Gasteiger partial charge on any atom is -0.394 e. The molecule has 3 heteroatoms. The summed E-state index contributed by atoms with van der Waals surface area (Å²) in [6.07, 6.45) is 1.22. The maximum Gasteiger partial charge on any atom is 0.0626 e. The monoisotopic (exact) mass is 223 g/mol. The Morgan fingerprint density at radius 2 is 2.20 bits per heavy atom. The maximum atomic E-state index is 9.37. The molecule has 0 aliphatic carbocycles. The Balaban J connectivity index is 1.97. The molecular formula is C12H17NOS. The minimum absolute atomic E-state index is 0.0925. The Bertz CT molecular complexity index is 285. The highest BCUT2D eigenvalue weighted by molar-refractivity contribution is 7.99. The molecule has 1 aromatic carbocycles. The van der Waals surface area contributed by atoms with Crippen LogP contribution in [-0.2, 0) is 0 Å². The van der Waals surface area contributed by atoms with Crippen LogP contribution in [0.25, 0.3) is 0 Å². The van der Waals surface area contributed by atoms with E-state index in [1.54, 1.807) is 0 Å². The first kappa shape index (κ1) is 11.0. The van der Waals surface area contributed by atoms with E-state index in [1.807, 2.05) is 30.0 Å². The van der Waals surface area contributed by atoms with E-state index in [4.69, 9.17) is 0 Å². The summed E-state index contributed by atoms with van der Waals surface area (Å²) in [5, 5.41) is 12.9. The van der Waals surface area contributed by atoms with Gasteiger partial charge in [0.2, 0.25) is 0 Å². The molecule has 0 aromatic heterocycles. The number of hydrogen-bond acceptors (Lipinski definition) is 3. The summed E-state index contributed by atoms with van der Waals surface area (Å²) >= 11 is 1.99. The Morgan fingerprint density at radius 1 is 1.40 bits per heavy atom. The smallest absolute Gasteiger partial charge is 0.0626 e. The van der Waals surface area contributed by atoms with Gasteiger partial charge in [0.25, 0.3) is 0 Å². The molecule has 1 saturated heterocycles. The fourth-order valence-electron chi connectivity index (χ4n) is 1.89. The van der Waals surface area contributed by atoms with Gasteiger partial charge in [-0.2, -0.15) is 11.8 Å². The van der Waals surface area contributed by atoms with Crippen molar-refractivity contribution < 1.29 is 5.11 Å². The predicted octanol–water partition coefficient (Wildman–Crippen LogP) is 1.82. The van der Waals surface area contributed by atoms with Gasteiger partial charge < -0.3 is 10.4 Å². The van der Waals surface area contributed by atoms with E-state index in [2.05, 4.69) is 17.4 Å². The molecule has 0 saturated carbocycles. The summed E-state index contributed by atoms with van der Waals surface area (Å²) in [5.74, 6) is 2.41. The number of hydrogen-bond donors (Lipinski definition) is 2. The van der Waals surface area contributed by atoms with Gasteiger partial charge in [-0.3, -0.25) is 0 Å². The van der Waals surface area contributed by atoms with E-state index < -0.39 is 0 Å². The molecule has 1 aliphatic heterocycles. The summed E-state index contributed by atoms with van der Waals surface area (Å²) in [6, 6.07) is 10.8. The van der Waals surface area contributed by atoms with Crippen molar-refractivity contribution in [2.45, 2.75) is 18.5 Å². The third-order valence-electron chi connectivity index (χ3n) is 2.75. The summed E-state index contributed by atoms with van der Waals surface area (Å²) in [5.41, 5.74) is 1.18. The molecular weight excluding hydrogens is 206 g/mol. The second kappa shape index (κ2) is 5.54. The van der Waals surface area contributed by atoms with Gasteiger partial charge in [0.1, 0.15) is 0 Å². The van der Waals surface area contributed by atoms with Crippen molar-refractivity contribution in [2.24, 2.45) is 0 Å². The average Bonchev–Trinajstić information content (AvgIpc) is 2.80. The highest BCUT2D eigenvalue weighted by Crippen LogP contribution is 2.21. The van der Waals surface area contributed by atoms with Crippen LogP contribution in [0.2, 0.25) is 0 Å². The van der Waals surface area contributed by atoms with Crippen molar-refractivity contribution in [1.82, 2.24) is 5.32 Å². The lowest BCUT2D eigenvalue weighted by Crippen LogP contribution is -2.34. The van der Waals surface area contributed by atoms with Crippen LogP contribution in [0, 0.1) is 0 Å². The van der Waals surface area contributed by atoms with Crippen LogP contribution in [0.3, 0.4) is 0 Å². The third kappa shape index (κ3) is 2.97. The molecule has 1 unspecified atom stereocenters. The van der Waals surface area contributed by atoms with Crippen molar-refractivity contribution in [2.75, 3.05) is 18.1 Å². The molecule has 0 spiro atoms. The normalized spacial score (nSPS) is 22.9. The van der Waals surface area contributed by atoms with E-state index in [-0.39, 0.29) is 12.6 Å². The molecule has 1 aliphatic rings. The van der Waals surface area contributed by atoms with Gasteiger partial charge in [-0.1, -0.05) is 30.3 Å². The second-order valence-corrected chi connectivity index (χ2v) is 5.02. The van der Waals surface area contributed by atoms with Crippen molar-refractivity contribution in [3.63, 3.8) is 0 Å². The lowest BCUT2D eigenvalue weighted by Gasteiger charge is -2.20. The summed E-state index contributed by atoms with van der Waals surface area (Å²) in [4.78, 5) is 0. The number of aliphatic hydroxyl groups is 1. The Hall–Kier alpha value is -0.510. The highest BCUT2D eigenvalue weighted by atomic mass is 32.2. The van der Waals surface area contributed by atoms with Crippen LogP contribution in [0.1, 0.15) is 18.0 Å². The van der Waals surface area contributed by atoms with Crippen LogP contribution in [0.4, 0.5) is 0 Å². The molecule has 1 aromatic rings. The van der Waals surface area contributed by atoms with Crippen molar-refractivity contribution in [3.05, 3.63) is 35.9 Å². The predicted molar refractivity (Wildman–Crippen MR) is 65.1 cm³/mol. The molecule has 2 N–H and O–H groups in total. The molecule has 15 heavy (non-hydrogen) atoms. The van der Waals surface area contributed by atoms with Crippen molar-refractivity contribution in [1.29, 1.82) is 0 Å². The van der Waals surface area contributed by atoms with E-state index in [0.717, 1.165) is 0 Å². The third-order valence-corrected chi connectivity index (χ3v) is 3.91. The summed E-state index contributed by atoms with van der Waals surface area (Å²) in [7, 11) is 0. The van der Waals surface area contributed by atoms with Crippen LogP contribution < -0.4 is 5.32 Å². The zero-order valence-electron chi connectivity index (χ0n) is 8.73. The van der Waals surface area contributed by atoms with E-state index >= 15 is 0 Å². The van der Waals surface area contributed by atoms with Gasteiger partial charge >= 0.3 is 0 Å². The summed E-state index contributed by atoms with van der Waals surface area (Å²) in [6.45, 7) is 0.172. The molecule has 1 heterocycles. The van der Waals surface area contributed by atoms with E-state index in [1.165, 1.54) is 23.5 Å². The maximum absolute atomic E-state index is 9.37. The van der Waals surface area contributed by atoms with Gasteiger partial charge in [0.15, 0.2) is 0 Å². The molecule has 82 valence electrons. The zero-order valence-corrected chi connectivity index (χ0v) is 9.54. The topological polar surface area (TPSA) is 32.3 Å². The van der Waals surface area contributed by atoms with E-state index in [0.29, 0.717) is 6.04 Å². The Labute approximate surface area is 95.1 Å². The van der Waals surface area contributed by atoms with Gasteiger partial charge in [-0.05, 0) is 17.7 Å². The van der Waals surface area contributed by atoms with Crippen molar-refractivity contribution in [3.8, 4) is 0 Å². The molecule has 0 amide bonds. The summed E-state index contributed by atoms with van der Waals surface area (Å²) < 4.78 is 0. The average molecular weight is 223 g/mol. The Morgan fingerprint density at radius 3 is 2.80 bits per heavy atom. The Kier molecular flexibility index (Phi) is 4.06. The van der Waals surface area contributed by atoms with Gasteiger partial charge in [0, 0.05) is 11.8 Å². The second-order valence-electron chi connectivity index (χ2n) is 3.87. The minimum atomic E-state index is 0.0925. The SMILES string of the molecule is OC[C@@H](NC1CCSC1)c1ccccc1. The van der Waals surface area contributed by atoms with Crippen LogP contribution in [0.15, 0.2) is 30.3 Å². The fourth-order valence-corrected chi connectivity index (χ4v) is 3.06. The van der Waals surface area contributed by atoms with E-state index in [9.17, 15) is 5.11 Å². The first-order chi connectivity index (χ1) is 7.40. The number of aliphatic hydroxyl groups excluding tert-OH is 1. The quantitative estimate of drug-likeness (QED) is 0.816. The molecule has 2 nitrogen and oxygen atoms in total. The number of benzene rings is 1. The van der Waals surface area contributed by atoms with Gasteiger partial charge in [0.05, 0.1) is 12.6 Å². The molecule has 0 radical (unpaired) electrons. The fraction of sp³-hybridized carbons (Fsp3) is 0.500. The van der Waals surface area contributed by atoms with Gasteiger partial charge in [-0.15, -0.1) is 0 Å².